The van der Waals surface area contributed by atoms with Gasteiger partial charge in [-0.3, -0.25) is 4.57 Å². The van der Waals surface area contributed by atoms with Crippen molar-refractivity contribution in [2.24, 2.45) is 0 Å². The molecule has 0 saturated carbocycles. The zero-order valence-corrected chi connectivity index (χ0v) is 5.54. The van der Waals surface area contributed by atoms with E-state index in [0.29, 0.717) is 0 Å². The molecule has 50 valence electrons. The molecule has 0 atom stereocenters. The molecule has 0 amide bonds. The molecule has 0 aromatic carbocycles. The molecule has 0 radical (unpaired) electrons. The van der Waals surface area contributed by atoms with Crippen molar-refractivity contribution in [2.45, 2.75) is 0 Å². The molecule has 0 rings (SSSR count). The molecule has 2 N–H and O–H groups in total. The first-order valence-electron chi connectivity index (χ1n) is 1.73. The molecule has 0 aliphatic heterocycles. The van der Waals surface area contributed by atoms with Crippen LogP contribution in [0.5, 0.6) is 0 Å². The van der Waals surface area contributed by atoms with Crippen molar-refractivity contribution in [3.05, 3.63) is 0 Å². The van der Waals surface area contributed by atoms with Gasteiger partial charge in [-0.25, -0.2) is 0 Å². The highest BCUT2D eigenvalue weighted by atomic mass is 31.2. The van der Waals surface area contributed by atoms with Crippen LogP contribution in [0.1, 0.15) is 0 Å². The van der Waals surface area contributed by atoms with Crippen molar-refractivity contribution in [1.82, 2.24) is 0 Å². The lowest BCUT2D eigenvalue weighted by Crippen LogP contribution is -1.64. The van der Waals surface area contributed by atoms with E-state index in [1.165, 1.54) is 12.1 Å². The fourth-order valence-corrected chi connectivity index (χ4v) is 0. The van der Waals surface area contributed by atoms with Gasteiger partial charge in [-0.05, 0) is 0 Å². The zero-order valence-electron chi connectivity index (χ0n) is 4.64. The molecule has 0 fully saturated rings. The number of hydrogen-bond acceptors (Lipinski definition) is 3. The Morgan fingerprint density at radius 3 is 1.44 bits per heavy atom. The van der Waals surface area contributed by atoms with Crippen molar-refractivity contribution >= 4 is 7.60 Å². The van der Waals surface area contributed by atoms with Crippen molar-refractivity contribution in [3.63, 3.8) is 0 Å². The second kappa shape index (κ2) is 5.27. The molecule has 6 heteroatoms. The van der Waals surface area contributed by atoms with Crippen LogP contribution >= 0.6 is 7.60 Å². The summed E-state index contributed by atoms with van der Waals surface area (Å²) >= 11 is 0. The largest absolute Gasteiger partial charge is 0.325 e. The standard InChI is InChI=1S/C2N2.CH5O3P/c3-1-2-4;1-5(2,3)4/h;1H3,(H2,2,3,4). The third-order valence-corrected chi connectivity index (χ3v) is 0.0500. The molecule has 0 bridgehead atoms. The van der Waals surface area contributed by atoms with Crippen molar-refractivity contribution in [3.8, 4) is 12.1 Å². The zero-order chi connectivity index (χ0) is 7.91. The van der Waals surface area contributed by atoms with Gasteiger partial charge in [0.15, 0.2) is 12.1 Å². The minimum Gasteiger partial charge on any atom is -0.325 e. The SMILES string of the molecule is CP(=O)(O)O.N#CC#N. The average Bonchev–Trinajstić information content (AvgIpc) is 1.61. The van der Waals surface area contributed by atoms with E-state index in [0.717, 1.165) is 6.66 Å². The van der Waals surface area contributed by atoms with E-state index < -0.39 is 7.60 Å². The van der Waals surface area contributed by atoms with E-state index >= 15 is 0 Å². The van der Waals surface area contributed by atoms with Gasteiger partial charge in [-0.2, -0.15) is 10.5 Å². The molecule has 9 heavy (non-hydrogen) atoms. The van der Waals surface area contributed by atoms with Crippen molar-refractivity contribution in [1.29, 1.82) is 10.5 Å². The summed E-state index contributed by atoms with van der Waals surface area (Å²) in [4.78, 5) is 15.3. The Morgan fingerprint density at radius 1 is 1.33 bits per heavy atom. The summed E-state index contributed by atoms with van der Waals surface area (Å²) in [5.41, 5.74) is 0. The topological polar surface area (TPSA) is 105 Å². The number of hydrogen-bond donors (Lipinski definition) is 2. The Kier molecular flexibility index (Phi) is 6.44. The van der Waals surface area contributed by atoms with E-state index in [4.69, 9.17) is 20.3 Å². The predicted octanol–water partition coefficient (Wildman–Crippen LogP) is -0.173. The van der Waals surface area contributed by atoms with E-state index in [9.17, 15) is 4.57 Å². The molecular formula is C3H5N2O3P. The van der Waals surface area contributed by atoms with Crippen LogP contribution in [0, 0.1) is 22.7 Å². The average molecular weight is 148 g/mol. The third kappa shape index (κ3) is 11100. The van der Waals surface area contributed by atoms with Crippen LogP contribution in [-0.2, 0) is 4.57 Å². The maximum Gasteiger partial charge on any atom is 0.322 e. The van der Waals surface area contributed by atoms with Crippen LogP contribution in [0.15, 0.2) is 0 Å². The van der Waals surface area contributed by atoms with Crippen LogP contribution in [0.25, 0.3) is 0 Å². The summed E-state index contributed by atoms with van der Waals surface area (Å²) in [6, 6.07) is 2.47. The lowest BCUT2D eigenvalue weighted by Gasteiger charge is -1.84. The van der Waals surface area contributed by atoms with Gasteiger partial charge in [0.2, 0.25) is 0 Å². The minimum absolute atomic E-state index is 0.854. The summed E-state index contributed by atoms with van der Waals surface area (Å²) < 4.78 is 9.33. The predicted molar refractivity (Wildman–Crippen MR) is 29.2 cm³/mol. The summed E-state index contributed by atoms with van der Waals surface area (Å²) in [5.74, 6) is 0. The molecule has 0 aliphatic carbocycles. The molecule has 0 aromatic heterocycles. The van der Waals surface area contributed by atoms with Gasteiger partial charge in [-0.1, -0.05) is 0 Å². The summed E-state index contributed by atoms with van der Waals surface area (Å²) in [6.07, 6.45) is 0. The molecule has 0 aliphatic rings. The molecule has 0 heterocycles. The van der Waals surface area contributed by atoms with Gasteiger partial charge in [0.1, 0.15) is 0 Å². The van der Waals surface area contributed by atoms with Gasteiger partial charge in [0.25, 0.3) is 0 Å². The maximum absolute atomic E-state index is 9.33. The number of nitrogens with zero attached hydrogens (tertiary/aromatic N) is 2. The van der Waals surface area contributed by atoms with Gasteiger partial charge in [0.05, 0.1) is 0 Å². The van der Waals surface area contributed by atoms with E-state index in [1.807, 2.05) is 0 Å². The Balaban J connectivity index is 0. The second-order valence-electron chi connectivity index (χ2n) is 1.06. The fraction of sp³-hybridized carbons (Fsp3) is 0.333. The smallest absolute Gasteiger partial charge is 0.322 e. The summed E-state index contributed by atoms with van der Waals surface area (Å²) in [7, 11) is -3.64. The Labute approximate surface area is 52.3 Å². The molecule has 0 spiro atoms. The lowest BCUT2D eigenvalue weighted by atomic mass is 10.9. The lowest BCUT2D eigenvalue weighted by molar-refractivity contribution is 0.381. The fourth-order valence-electron chi connectivity index (χ4n) is 0. The van der Waals surface area contributed by atoms with Gasteiger partial charge >= 0.3 is 7.60 Å². The first-order chi connectivity index (χ1) is 3.91. The van der Waals surface area contributed by atoms with E-state index in [2.05, 4.69) is 0 Å². The minimum atomic E-state index is -3.64. The summed E-state index contributed by atoms with van der Waals surface area (Å²) in [6.45, 7) is 0.854. The first kappa shape index (κ1) is 11.0. The highest BCUT2D eigenvalue weighted by Gasteiger charge is 1.95. The highest BCUT2D eigenvalue weighted by Crippen LogP contribution is 2.26. The number of nitriles is 2. The molecule has 5 nitrogen and oxygen atoms in total. The van der Waals surface area contributed by atoms with Gasteiger partial charge < -0.3 is 9.79 Å². The van der Waals surface area contributed by atoms with E-state index in [1.54, 1.807) is 0 Å². The maximum atomic E-state index is 9.33. The molecule has 0 saturated heterocycles. The third-order valence-electron chi connectivity index (χ3n) is 0.0500. The Bertz CT molecular complexity index is 162. The van der Waals surface area contributed by atoms with Crippen LogP contribution in [0.4, 0.5) is 0 Å². The van der Waals surface area contributed by atoms with Crippen LogP contribution in [0.3, 0.4) is 0 Å². The molecule has 0 unspecified atom stereocenters. The van der Waals surface area contributed by atoms with Crippen LogP contribution in [-0.4, -0.2) is 16.5 Å². The Hall–Kier alpha value is -0.870. The van der Waals surface area contributed by atoms with E-state index in [-0.39, 0.29) is 0 Å². The van der Waals surface area contributed by atoms with Gasteiger partial charge in [-0.15, -0.1) is 0 Å². The van der Waals surface area contributed by atoms with Crippen LogP contribution < -0.4 is 0 Å². The summed E-state index contributed by atoms with van der Waals surface area (Å²) in [5, 5.41) is 14.5. The quantitative estimate of drug-likeness (QED) is 0.464. The monoisotopic (exact) mass is 148 g/mol. The van der Waals surface area contributed by atoms with Crippen molar-refractivity contribution in [2.75, 3.05) is 6.66 Å². The van der Waals surface area contributed by atoms with Gasteiger partial charge in [0, 0.05) is 6.66 Å². The highest BCUT2D eigenvalue weighted by molar-refractivity contribution is 7.50. The number of rotatable bonds is 0. The van der Waals surface area contributed by atoms with Crippen LogP contribution in [0.2, 0.25) is 0 Å². The molecular weight excluding hydrogens is 143 g/mol. The second-order valence-corrected chi connectivity index (χ2v) is 2.73. The normalized spacial score (nSPS) is 7.67. The van der Waals surface area contributed by atoms with Crippen molar-refractivity contribution < 1.29 is 14.4 Å². The molecule has 0 aromatic rings. The Morgan fingerprint density at radius 2 is 1.44 bits per heavy atom. The first-order valence-corrected chi connectivity index (χ1v) is 3.79.